The molecule has 4 heterocycles. The van der Waals surface area contributed by atoms with Gasteiger partial charge >= 0.3 is 6.35 Å². The van der Waals surface area contributed by atoms with Crippen LogP contribution in [0.2, 0.25) is 0 Å². The van der Waals surface area contributed by atoms with Crippen molar-refractivity contribution in [3.8, 4) is 0 Å². The Hall–Kier alpha value is -1.14. The summed E-state index contributed by atoms with van der Waals surface area (Å²) in [6.07, 6.45) is 7.02. The molecule has 1 saturated carbocycles. The molecule has 1 fully saturated rings. The Kier molecular flexibility index (Phi) is 5.35. The SMILES string of the molecule is C[O+]1CCC(C2CCCCC2)=C(c2cccs2)[B-]1(c1cccs1)c1cccs1. The van der Waals surface area contributed by atoms with Gasteiger partial charge in [0, 0.05) is 11.3 Å². The molecular formula is C23H27BOS3. The van der Waals surface area contributed by atoms with E-state index in [1.807, 2.05) is 34.0 Å². The Morgan fingerprint density at radius 2 is 1.50 bits per heavy atom. The highest BCUT2D eigenvalue weighted by Gasteiger charge is 2.51. The zero-order valence-electron chi connectivity index (χ0n) is 16.4. The largest absolute Gasteiger partial charge is 0.661 e. The van der Waals surface area contributed by atoms with E-state index in [1.165, 1.54) is 53.0 Å². The van der Waals surface area contributed by atoms with E-state index in [0.717, 1.165) is 12.5 Å². The van der Waals surface area contributed by atoms with E-state index in [-0.39, 0.29) is 0 Å². The van der Waals surface area contributed by atoms with Crippen LogP contribution in [0.15, 0.2) is 58.1 Å². The first-order valence-electron chi connectivity index (χ1n) is 10.4. The first kappa shape index (κ1) is 18.9. The Balaban J connectivity index is 1.82. The van der Waals surface area contributed by atoms with Crippen molar-refractivity contribution in [3.05, 3.63) is 63.0 Å². The predicted octanol–water partition coefficient (Wildman–Crippen LogP) is 6.09. The summed E-state index contributed by atoms with van der Waals surface area (Å²) in [4.78, 5) is 1.47. The van der Waals surface area contributed by atoms with Crippen LogP contribution in [0, 0.1) is 5.92 Å². The topological polar surface area (TPSA) is 2.70 Å². The minimum Gasteiger partial charge on any atom is -0.661 e. The summed E-state index contributed by atoms with van der Waals surface area (Å²) in [5.74, 6) is 0.765. The molecule has 1 aliphatic heterocycles. The molecule has 0 saturated heterocycles. The van der Waals surface area contributed by atoms with Crippen molar-refractivity contribution in [2.24, 2.45) is 5.92 Å². The third-order valence-corrected chi connectivity index (χ3v) is 9.79. The van der Waals surface area contributed by atoms with E-state index < -0.39 is 6.35 Å². The summed E-state index contributed by atoms with van der Waals surface area (Å²) in [6.45, 7) is 1.08. The summed E-state index contributed by atoms with van der Waals surface area (Å²) in [5.41, 5.74) is 3.39. The Morgan fingerprint density at radius 3 is 2.07 bits per heavy atom. The van der Waals surface area contributed by atoms with Crippen molar-refractivity contribution in [1.29, 1.82) is 0 Å². The number of thiophene rings is 3. The third-order valence-electron chi connectivity index (χ3n) is 6.82. The van der Waals surface area contributed by atoms with Crippen LogP contribution < -0.4 is 9.55 Å². The second-order valence-corrected chi connectivity index (χ2v) is 11.1. The maximum atomic E-state index is 3.70. The van der Waals surface area contributed by atoms with Crippen LogP contribution >= 0.6 is 34.0 Å². The van der Waals surface area contributed by atoms with Gasteiger partial charge in [-0.3, -0.25) is 0 Å². The van der Waals surface area contributed by atoms with Gasteiger partial charge in [0.1, 0.15) is 6.61 Å². The van der Waals surface area contributed by atoms with Crippen LogP contribution in [0.1, 0.15) is 43.4 Å². The lowest BCUT2D eigenvalue weighted by Crippen LogP contribution is -2.66. The maximum absolute atomic E-state index is 3.70. The highest BCUT2D eigenvalue weighted by molar-refractivity contribution is 7.39. The molecule has 3 aromatic heterocycles. The van der Waals surface area contributed by atoms with Crippen LogP contribution in [-0.2, 0) is 4.28 Å². The third kappa shape index (κ3) is 2.99. The zero-order chi connectivity index (χ0) is 19.0. The van der Waals surface area contributed by atoms with E-state index in [4.69, 9.17) is 0 Å². The molecule has 1 aliphatic carbocycles. The van der Waals surface area contributed by atoms with Gasteiger partial charge in [-0.05, 0) is 41.0 Å². The van der Waals surface area contributed by atoms with Gasteiger partial charge in [-0.2, -0.15) is 22.7 Å². The Labute approximate surface area is 180 Å². The molecule has 0 aromatic carbocycles. The molecule has 0 spiro atoms. The lowest BCUT2D eigenvalue weighted by atomic mass is 9.30. The first-order valence-corrected chi connectivity index (χ1v) is 13.1. The fourth-order valence-electron chi connectivity index (χ4n) is 5.58. The molecule has 0 atom stereocenters. The van der Waals surface area contributed by atoms with Crippen LogP contribution in [0.3, 0.4) is 0 Å². The molecule has 0 N–H and O–H groups in total. The van der Waals surface area contributed by atoms with Crippen molar-refractivity contribution in [1.82, 2.24) is 0 Å². The summed E-state index contributed by atoms with van der Waals surface area (Å²) in [6, 6.07) is 13.8. The van der Waals surface area contributed by atoms with Gasteiger partial charge in [0.2, 0.25) is 0 Å². The van der Waals surface area contributed by atoms with Crippen LogP contribution in [-0.4, -0.2) is 20.1 Å². The standard InChI is InChI=1S/C23H27BOS3/c1-25-14-13-19(18-8-3-2-4-9-18)23(20-10-5-15-26-20)24(25,21-11-6-16-27-21)22-12-7-17-28-22/h5-7,10-12,15-18H,2-4,8-9,13-14H2,1H3. The average Bonchev–Trinajstić information content (AvgIpc) is 3.52. The fourth-order valence-corrected chi connectivity index (χ4v) is 8.68. The molecule has 0 radical (unpaired) electrons. The molecule has 5 rings (SSSR count). The fraction of sp³-hybridized carbons (Fsp3) is 0.391. The van der Waals surface area contributed by atoms with Crippen LogP contribution in [0.4, 0.5) is 0 Å². The Bertz CT molecular complexity index is 885. The van der Waals surface area contributed by atoms with E-state index >= 15 is 0 Å². The van der Waals surface area contributed by atoms with E-state index in [1.54, 1.807) is 11.0 Å². The highest BCUT2D eigenvalue weighted by atomic mass is 32.1. The first-order chi connectivity index (χ1) is 13.8. The van der Waals surface area contributed by atoms with Gasteiger partial charge in [-0.1, -0.05) is 70.2 Å². The van der Waals surface area contributed by atoms with Gasteiger partial charge < -0.3 is 4.28 Å². The van der Waals surface area contributed by atoms with Gasteiger partial charge in [0.05, 0.1) is 7.11 Å². The second kappa shape index (κ2) is 7.94. The van der Waals surface area contributed by atoms with Crippen molar-refractivity contribution < 1.29 is 4.28 Å². The summed E-state index contributed by atoms with van der Waals surface area (Å²) >= 11 is 5.77. The zero-order valence-corrected chi connectivity index (χ0v) is 18.9. The lowest BCUT2D eigenvalue weighted by molar-refractivity contribution is 0.0531. The van der Waals surface area contributed by atoms with Crippen molar-refractivity contribution >= 4 is 55.4 Å². The summed E-state index contributed by atoms with van der Waals surface area (Å²) in [7, 11) is 2.28. The molecule has 28 heavy (non-hydrogen) atoms. The van der Waals surface area contributed by atoms with Crippen molar-refractivity contribution in [2.45, 2.75) is 38.5 Å². The number of rotatable bonds is 4. The van der Waals surface area contributed by atoms with Gasteiger partial charge in [0.15, 0.2) is 0 Å². The van der Waals surface area contributed by atoms with E-state index in [0.29, 0.717) is 0 Å². The van der Waals surface area contributed by atoms with Gasteiger partial charge in [-0.25, -0.2) is 0 Å². The summed E-state index contributed by atoms with van der Waals surface area (Å²) < 4.78 is 6.68. The van der Waals surface area contributed by atoms with Gasteiger partial charge in [0.25, 0.3) is 0 Å². The average molecular weight is 426 g/mol. The van der Waals surface area contributed by atoms with E-state index in [9.17, 15) is 0 Å². The molecule has 0 unspecified atom stereocenters. The van der Waals surface area contributed by atoms with E-state index in [2.05, 4.69) is 63.9 Å². The smallest absolute Gasteiger partial charge is 0.396 e. The molecule has 0 amide bonds. The van der Waals surface area contributed by atoms with Crippen LogP contribution in [0.5, 0.6) is 0 Å². The number of hydrogen-bond acceptors (Lipinski definition) is 3. The minimum atomic E-state index is -1.13. The normalized spacial score (nSPS) is 21.3. The molecule has 146 valence electrons. The highest BCUT2D eigenvalue weighted by Crippen LogP contribution is 2.46. The minimum absolute atomic E-state index is 0.765. The second-order valence-electron chi connectivity index (χ2n) is 8.21. The molecule has 0 bridgehead atoms. The molecule has 5 heteroatoms. The monoisotopic (exact) mass is 426 g/mol. The molecular weight excluding hydrogens is 399 g/mol. The van der Waals surface area contributed by atoms with Gasteiger partial charge in [-0.15, -0.1) is 11.3 Å². The Morgan fingerprint density at radius 1 is 0.857 bits per heavy atom. The maximum Gasteiger partial charge on any atom is 0.396 e. The number of hydrogen-bond donors (Lipinski definition) is 0. The molecule has 2 aliphatic rings. The molecule has 3 aromatic rings. The lowest BCUT2D eigenvalue weighted by Gasteiger charge is -2.51. The van der Waals surface area contributed by atoms with Crippen molar-refractivity contribution in [3.63, 3.8) is 0 Å². The van der Waals surface area contributed by atoms with Crippen LogP contribution in [0.25, 0.3) is 5.47 Å². The quantitative estimate of drug-likeness (QED) is 0.351. The molecule has 1 nitrogen and oxygen atoms in total. The van der Waals surface area contributed by atoms with Crippen molar-refractivity contribution in [2.75, 3.05) is 13.7 Å². The predicted molar refractivity (Wildman–Crippen MR) is 128 cm³/mol. The summed E-state index contributed by atoms with van der Waals surface area (Å²) in [5, 5.41) is 6.76.